The molecule has 0 aromatic rings. The summed E-state index contributed by atoms with van der Waals surface area (Å²) in [4.78, 5) is 0. The van der Waals surface area contributed by atoms with E-state index in [0.29, 0.717) is 39.6 Å². The Morgan fingerprint density at radius 1 is 0.439 bits per heavy atom. The molecule has 0 aromatic heterocycles. The average molecular weight is 1150 g/mol. The second-order valence-electron chi connectivity index (χ2n) is 16.3. The maximum atomic E-state index is 6.03. The zero-order valence-corrected chi connectivity index (χ0v) is 53.1. The van der Waals surface area contributed by atoms with Crippen LogP contribution in [0.25, 0.3) is 0 Å². The van der Waals surface area contributed by atoms with Crippen molar-refractivity contribution in [3.8, 4) is 0 Å². The van der Waals surface area contributed by atoms with E-state index in [1.54, 1.807) is 0 Å². The second-order valence-corrected chi connectivity index (χ2v) is 36.8. The van der Waals surface area contributed by atoms with Gasteiger partial charge in [-0.15, -0.1) is 0 Å². The highest BCUT2D eigenvalue weighted by molar-refractivity contribution is 9.26. The van der Waals surface area contributed by atoms with Crippen LogP contribution in [-0.4, -0.2) is 120 Å². The van der Waals surface area contributed by atoms with E-state index in [9.17, 15) is 0 Å². The van der Waals surface area contributed by atoms with E-state index >= 15 is 0 Å². The number of hydrogen-bond acceptors (Lipinski definition) is 17. The fourth-order valence-corrected chi connectivity index (χ4v) is 28.6. The normalized spacial score (nSPS) is 17.1. The van der Waals surface area contributed by atoms with Crippen molar-refractivity contribution in [2.75, 3.05) is 87.4 Å². The molecule has 3 atom stereocenters. The standard InChI is InChI=1S/C46H96O8S9Si3/c1-9-47-46(48-10-2)64-38-26-25-33-55-42-43-29-30-44(31-36-58-62-60-56-34-23-19-17-21-27-39-65(49-11-3,50-12-4)51-13-5)45(41-43)32-37-59-63-61-57-35-24-20-18-22-28-40-66(52-14-6,53-15-7)54-16-8/h43-46H,9-42H2,1-8H3. The fourth-order valence-electron chi connectivity index (χ4n) is 8.26. The molecule has 1 rings (SSSR count). The summed E-state index contributed by atoms with van der Waals surface area (Å²) in [5.74, 6) is 10.4. The predicted molar refractivity (Wildman–Crippen MR) is 315 cm³/mol. The van der Waals surface area contributed by atoms with E-state index < -0.39 is 17.6 Å². The first-order valence-electron chi connectivity index (χ1n) is 25.9. The first kappa shape index (κ1) is 67.5. The minimum atomic E-state index is -2.48. The third-order valence-electron chi connectivity index (χ3n) is 11.3. The molecule has 0 aliphatic heterocycles. The molecule has 394 valence electrons. The van der Waals surface area contributed by atoms with Gasteiger partial charge in [0.25, 0.3) is 0 Å². The lowest BCUT2D eigenvalue weighted by Gasteiger charge is -2.36. The molecular formula is C46H96O8S9Si3. The Hall–Kier alpha value is 3.48. The van der Waals surface area contributed by atoms with Crippen LogP contribution in [0.2, 0.25) is 18.1 Å². The first-order valence-corrected chi connectivity index (χ1v) is 42.5. The van der Waals surface area contributed by atoms with Crippen LogP contribution in [0.1, 0.15) is 165 Å². The van der Waals surface area contributed by atoms with Gasteiger partial charge in [-0.05, 0) is 188 Å². The van der Waals surface area contributed by atoms with Gasteiger partial charge in [0, 0.05) is 88.0 Å². The van der Waals surface area contributed by atoms with Gasteiger partial charge in [0.05, 0.1) is 0 Å². The van der Waals surface area contributed by atoms with Crippen LogP contribution >= 0.6 is 94.2 Å². The lowest BCUT2D eigenvalue weighted by Crippen LogP contribution is -2.45. The van der Waals surface area contributed by atoms with Gasteiger partial charge in [-0.1, -0.05) is 94.2 Å². The molecule has 0 saturated heterocycles. The third-order valence-corrected chi connectivity index (χ3v) is 33.3. The van der Waals surface area contributed by atoms with Crippen LogP contribution in [0, 0.1) is 17.8 Å². The Balaban J connectivity index is 2.35. The number of hydrogen-bond donors (Lipinski definition) is 0. The molecular weight excluding hydrogens is 1050 g/mol. The first-order chi connectivity index (χ1) is 32.4. The van der Waals surface area contributed by atoms with Crippen molar-refractivity contribution < 1.29 is 36.0 Å². The van der Waals surface area contributed by atoms with Crippen molar-refractivity contribution in [3.63, 3.8) is 0 Å². The smallest absolute Gasteiger partial charge is 0.374 e. The lowest BCUT2D eigenvalue weighted by atomic mass is 9.72. The Kier molecular flexibility index (Phi) is 50.5. The molecule has 1 fully saturated rings. The molecule has 0 heterocycles. The highest BCUT2D eigenvalue weighted by Gasteiger charge is 2.40. The van der Waals surface area contributed by atoms with Gasteiger partial charge in [0.1, 0.15) is 15.4 Å². The summed E-state index contributed by atoms with van der Waals surface area (Å²) in [5, 5.41) is 0. The largest absolute Gasteiger partial charge is 0.500 e. The van der Waals surface area contributed by atoms with Crippen molar-refractivity contribution in [2.45, 2.75) is 189 Å². The molecule has 0 spiro atoms. The van der Waals surface area contributed by atoms with Crippen molar-refractivity contribution >= 4 is 121 Å². The monoisotopic (exact) mass is 1150 g/mol. The van der Waals surface area contributed by atoms with Crippen LogP contribution in [0.3, 0.4) is 0 Å². The van der Waals surface area contributed by atoms with E-state index in [-0.39, 0.29) is 5.91 Å². The minimum Gasteiger partial charge on any atom is -0.374 e. The summed E-state index contributed by atoms with van der Waals surface area (Å²) in [6.45, 7) is 21.8. The quantitative estimate of drug-likeness (QED) is 0.0251. The zero-order valence-electron chi connectivity index (χ0n) is 42.8. The molecule has 1 aliphatic rings. The summed E-state index contributed by atoms with van der Waals surface area (Å²) < 4.78 is 47.7. The van der Waals surface area contributed by atoms with Crippen molar-refractivity contribution in [3.05, 3.63) is 0 Å². The summed E-state index contributed by atoms with van der Waals surface area (Å²) in [7, 11) is 12.1. The summed E-state index contributed by atoms with van der Waals surface area (Å²) in [6, 6.07) is 3.11. The second kappa shape index (κ2) is 49.4. The molecule has 1 aliphatic carbocycles. The van der Waals surface area contributed by atoms with Gasteiger partial charge in [-0.25, -0.2) is 0 Å². The topological polar surface area (TPSA) is 73.8 Å². The molecule has 0 amide bonds. The van der Waals surface area contributed by atoms with E-state index in [4.69, 9.17) is 36.0 Å². The molecule has 0 bridgehead atoms. The van der Waals surface area contributed by atoms with Crippen molar-refractivity contribution in [1.29, 1.82) is 0 Å². The number of thioether (sulfide) groups is 1. The van der Waals surface area contributed by atoms with Crippen molar-refractivity contribution in [1.82, 2.24) is 0 Å². The van der Waals surface area contributed by atoms with Crippen LogP contribution in [0.15, 0.2) is 0 Å². The molecule has 20 heteroatoms. The highest BCUT2D eigenvalue weighted by Crippen LogP contribution is 2.47. The maximum Gasteiger partial charge on any atom is 0.500 e. The minimum absolute atomic E-state index is 0.0101. The number of ether oxygens (including phenoxy) is 2. The van der Waals surface area contributed by atoms with Gasteiger partial charge in [0.2, 0.25) is 0 Å². The lowest BCUT2D eigenvalue weighted by molar-refractivity contribution is -0.0827. The van der Waals surface area contributed by atoms with E-state index in [1.807, 2.05) is 91.6 Å². The Morgan fingerprint density at radius 2 is 0.848 bits per heavy atom. The van der Waals surface area contributed by atoms with Crippen LogP contribution in [0.5, 0.6) is 0 Å². The van der Waals surface area contributed by atoms with Gasteiger partial charge < -0.3 is 36.0 Å². The van der Waals surface area contributed by atoms with Crippen molar-refractivity contribution in [2.24, 2.45) is 17.8 Å². The van der Waals surface area contributed by atoms with Gasteiger partial charge in [0.15, 0.2) is 0 Å². The maximum absolute atomic E-state index is 6.03. The number of unbranched alkanes of at least 4 members (excludes halogenated alkanes) is 9. The van der Waals surface area contributed by atoms with Crippen LogP contribution < -0.4 is 0 Å². The molecule has 8 nitrogen and oxygen atoms in total. The average Bonchev–Trinajstić information content (AvgIpc) is 3.30. The van der Waals surface area contributed by atoms with Gasteiger partial charge in [-0.3, -0.25) is 0 Å². The van der Waals surface area contributed by atoms with E-state index in [0.717, 1.165) is 65.4 Å². The van der Waals surface area contributed by atoms with Gasteiger partial charge >= 0.3 is 17.6 Å². The molecule has 2 radical (unpaired) electrons. The molecule has 0 aromatic carbocycles. The Morgan fingerprint density at radius 3 is 1.30 bits per heavy atom. The fraction of sp³-hybridized carbons (Fsp3) is 1.00. The molecule has 3 unspecified atom stereocenters. The molecule has 0 N–H and O–H groups in total. The Bertz CT molecular complexity index is 993. The zero-order chi connectivity index (χ0) is 48.1. The highest BCUT2D eigenvalue weighted by atomic mass is 33.7. The SMILES string of the molecule is CCOC(OCC)[Si]CCCCSCC1CCC(CCSSSSCCCCCCC[Si](OCC)(OCC)OCC)C(CCSSSSCCCCCCC[Si](OCC)(OCC)OCC)C1. The van der Waals surface area contributed by atoms with Crippen LogP contribution in [0.4, 0.5) is 0 Å². The van der Waals surface area contributed by atoms with Crippen LogP contribution in [-0.2, 0) is 36.0 Å². The van der Waals surface area contributed by atoms with E-state index in [1.165, 1.54) is 137 Å². The molecule has 66 heavy (non-hydrogen) atoms. The van der Waals surface area contributed by atoms with E-state index in [2.05, 4.69) is 58.0 Å². The summed E-state index contributed by atoms with van der Waals surface area (Å²) >= 11 is 2.22. The molecule has 1 saturated carbocycles. The third kappa shape index (κ3) is 36.4. The van der Waals surface area contributed by atoms with Gasteiger partial charge in [-0.2, -0.15) is 11.8 Å². The summed E-state index contributed by atoms with van der Waals surface area (Å²) in [5.41, 5.74) is 0. The predicted octanol–water partition coefficient (Wildman–Crippen LogP) is 17.1. The number of rotatable bonds is 52. The summed E-state index contributed by atoms with van der Waals surface area (Å²) in [6.07, 6.45) is 22.2. The Labute approximate surface area is 447 Å².